The number of thiazole rings is 1. The molecule has 3 fully saturated rings. The molecule has 6 unspecified atom stereocenters. The number of para-hydroxylation sites is 1. The van der Waals surface area contributed by atoms with Crippen LogP contribution in [0.1, 0.15) is 28.3 Å². The molecule has 3 heterocycles. The van der Waals surface area contributed by atoms with E-state index in [1.54, 1.807) is 11.8 Å². The van der Waals surface area contributed by atoms with Gasteiger partial charge in [0.1, 0.15) is 11.6 Å². The number of anilines is 2. The van der Waals surface area contributed by atoms with Crippen LogP contribution in [0.5, 0.6) is 5.75 Å². The summed E-state index contributed by atoms with van der Waals surface area (Å²) < 4.78 is 20.7. The lowest BCUT2D eigenvalue weighted by molar-refractivity contribution is -0.123. The molecule has 12 heteroatoms. The summed E-state index contributed by atoms with van der Waals surface area (Å²) in [5, 5.41) is 3.67. The van der Waals surface area contributed by atoms with Crippen molar-refractivity contribution in [1.82, 2.24) is 4.98 Å². The minimum Gasteiger partial charge on any atom is -0.483 e. The molecule has 2 aliphatic heterocycles. The van der Waals surface area contributed by atoms with Gasteiger partial charge in [-0.05, 0) is 85.2 Å². The Hall–Kier alpha value is -3.74. The van der Waals surface area contributed by atoms with Crippen LogP contribution in [0.4, 0.5) is 15.8 Å². The molecule has 8 rings (SSSR count). The monoisotopic (exact) mass is 719 g/mol. The number of rotatable bonds is 6. The zero-order valence-corrected chi connectivity index (χ0v) is 27.6. The molecule has 4 aromatic rings. The number of imide groups is 1. The maximum absolute atomic E-state index is 14.0. The molecule has 234 valence electrons. The minimum absolute atomic E-state index is 0.0184. The van der Waals surface area contributed by atoms with Crippen molar-refractivity contribution in [3.8, 4) is 5.75 Å². The summed E-state index contributed by atoms with van der Waals surface area (Å²) in [6.45, 7) is 1.70. The van der Waals surface area contributed by atoms with E-state index < -0.39 is 17.7 Å². The molecule has 1 aromatic heterocycles. The van der Waals surface area contributed by atoms with E-state index in [1.807, 2.05) is 49.4 Å². The molecule has 3 aromatic carbocycles. The predicted octanol–water partition coefficient (Wildman–Crippen LogP) is 6.34. The lowest BCUT2D eigenvalue weighted by Crippen LogP contribution is -2.42. The quantitative estimate of drug-likeness (QED) is 0.225. The molecule has 1 saturated heterocycles. The number of halogens is 2. The Morgan fingerprint density at radius 3 is 2.54 bits per heavy atom. The second-order valence-electron chi connectivity index (χ2n) is 12.3. The molecule has 2 N–H and O–H groups in total. The number of nitrogens with zero attached hydrogens (tertiary/aromatic N) is 1. The summed E-state index contributed by atoms with van der Waals surface area (Å²) >= 11 is 6.37. The van der Waals surface area contributed by atoms with Gasteiger partial charge in [0.2, 0.25) is 11.8 Å². The number of hydrogen-bond acceptors (Lipinski definition) is 7. The summed E-state index contributed by atoms with van der Waals surface area (Å²) in [7, 11) is 0. The summed E-state index contributed by atoms with van der Waals surface area (Å²) in [5.41, 5.74) is 2.85. The number of fused-ring (bicyclic) bond motifs is 9. The third-order valence-corrected chi connectivity index (χ3v) is 13.0. The number of amides is 3. The van der Waals surface area contributed by atoms with E-state index in [0.717, 1.165) is 43.3 Å². The van der Waals surface area contributed by atoms with Crippen molar-refractivity contribution in [3.05, 3.63) is 103 Å². The van der Waals surface area contributed by atoms with Crippen LogP contribution in [0, 0.1) is 42.3 Å². The fourth-order valence-corrected chi connectivity index (χ4v) is 11.4. The molecule has 3 amide bonds. The maximum Gasteiger partial charge on any atom is 0.305 e. The Balaban J connectivity index is 1.15. The molecule has 0 radical (unpaired) electrons. The predicted molar refractivity (Wildman–Crippen MR) is 177 cm³/mol. The molecule has 8 nitrogen and oxygen atoms in total. The van der Waals surface area contributed by atoms with E-state index in [9.17, 15) is 23.6 Å². The van der Waals surface area contributed by atoms with Gasteiger partial charge in [-0.25, -0.2) is 4.39 Å². The number of benzene rings is 3. The lowest BCUT2D eigenvalue weighted by atomic mass is 9.68. The number of ether oxygens (including phenoxy) is 1. The number of carbonyl (C=O) groups excluding carboxylic acids is 3. The van der Waals surface area contributed by atoms with Gasteiger partial charge >= 0.3 is 4.87 Å². The lowest BCUT2D eigenvalue weighted by Gasteiger charge is -2.43. The highest BCUT2D eigenvalue weighted by Crippen LogP contribution is 2.69. The van der Waals surface area contributed by atoms with E-state index in [-0.39, 0.29) is 58.1 Å². The third kappa shape index (κ3) is 4.67. The first-order valence-electron chi connectivity index (χ1n) is 15.0. The Bertz CT molecular complexity index is 1980. The van der Waals surface area contributed by atoms with Gasteiger partial charge in [-0.3, -0.25) is 24.1 Å². The Labute approximate surface area is 279 Å². The fourth-order valence-electron chi connectivity index (χ4n) is 8.15. The molecule has 2 saturated carbocycles. The van der Waals surface area contributed by atoms with Crippen molar-refractivity contribution in [2.45, 2.75) is 29.5 Å². The standard InChI is InChI=1S/C34H27BrFN3O5S2/c1-15-4-2-3-5-22(15)37-24(40)14-44-23-11-6-16(35)12-19(23)25-26-20-13-21(29(26)45-31-30(25)46-34(43)38-31)28-27(20)32(41)39(33(28)42)18-9-7-17(36)8-10-18/h2-12,20-21,25-29H,13-14H2,1H3,(H,37,40)(H,38,43)/t20?,21?,25-,26?,27?,28?,29?/m1/s1. The molecule has 2 bridgehead atoms. The SMILES string of the molecule is Cc1ccccc1NC(=O)COc1ccc(Br)cc1[C@H]1c2sc(=O)[nH]c2SC2C3CC(C4C(=O)N(c5ccc(F)cc5)C(=O)C34)C21. The number of aromatic nitrogens is 1. The van der Waals surface area contributed by atoms with Gasteiger partial charge in [0.15, 0.2) is 6.61 Å². The number of thioether (sulfide) groups is 1. The molecule has 7 atom stereocenters. The van der Waals surface area contributed by atoms with E-state index >= 15 is 0 Å². The smallest absolute Gasteiger partial charge is 0.305 e. The van der Waals surface area contributed by atoms with E-state index in [0.29, 0.717) is 17.1 Å². The average molecular weight is 721 g/mol. The van der Waals surface area contributed by atoms with Crippen molar-refractivity contribution in [3.63, 3.8) is 0 Å². The number of aryl methyl sites for hydroxylation is 1. The number of nitrogens with one attached hydrogen (secondary N) is 2. The van der Waals surface area contributed by atoms with Crippen LogP contribution in [0.2, 0.25) is 0 Å². The summed E-state index contributed by atoms with van der Waals surface area (Å²) in [6, 6.07) is 18.6. The third-order valence-electron chi connectivity index (χ3n) is 9.89. The summed E-state index contributed by atoms with van der Waals surface area (Å²) in [5.74, 6) is -2.20. The van der Waals surface area contributed by atoms with Gasteiger partial charge in [-0.2, -0.15) is 0 Å². The van der Waals surface area contributed by atoms with Crippen LogP contribution in [0.15, 0.2) is 81.0 Å². The van der Waals surface area contributed by atoms with Gasteiger partial charge in [0.25, 0.3) is 5.91 Å². The number of aromatic amines is 1. The normalized spacial score (nSPS) is 27.4. The molecular formula is C34H27BrFN3O5S2. The largest absolute Gasteiger partial charge is 0.483 e. The highest BCUT2D eigenvalue weighted by Gasteiger charge is 2.69. The summed E-state index contributed by atoms with van der Waals surface area (Å²) in [6.07, 6.45) is 0.727. The molecular weight excluding hydrogens is 693 g/mol. The van der Waals surface area contributed by atoms with Crippen LogP contribution >= 0.6 is 39.0 Å². The second kappa shape index (κ2) is 11.2. The topological polar surface area (TPSA) is 109 Å². The fraction of sp³-hybridized carbons (Fsp3) is 0.294. The van der Waals surface area contributed by atoms with Crippen molar-refractivity contribution >= 4 is 68.1 Å². The van der Waals surface area contributed by atoms with Gasteiger partial charge in [-0.15, -0.1) is 11.8 Å². The Kier molecular flexibility index (Phi) is 7.22. The minimum atomic E-state index is -0.500. The van der Waals surface area contributed by atoms with Crippen molar-refractivity contribution < 1.29 is 23.5 Å². The van der Waals surface area contributed by atoms with Gasteiger partial charge < -0.3 is 15.0 Å². The van der Waals surface area contributed by atoms with E-state index in [2.05, 4.69) is 26.2 Å². The molecule has 46 heavy (non-hydrogen) atoms. The second-order valence-corrected chi connectivity index (χ2v) is 15.4. The Morgan fingerprint density at radius 2 is 1.78 bits per heavy atom. The van der Waals surface area contributed by atoms with Gasteiger partial charge in [-0.1, -0.05) is 45.5 Å². The number of H-pyrrole nitrogens is 1. The molecule has 0 spiro atoms. The Morgan fingerprint density at radius 1 is 1.04 bits per heavy atom. The van der Waals surface area contributed by atoms with Crippen LogP contribution < -0.4 is 19.8 Å². The van der Waals surface area contributed by atoms with E-state index in [1.165, 1.54) is 29.2 Å². The zero-order chi connectivity index (χ0) is 31.9. The van der Waals surface area contributed by atoms with Gasteiger partial charge in [0.05, 0.1) is 22.5 Å². The van der Waals surface area contributed by atoms with Crippen molar-refractivity contribution in [2.24, 2.45) is 29.6 Å². The van der Waals surface area contributed by atoms with Crippen LogP contribution in [0.3, 0.4) is 0 Å². The van der Waals surface area contributed by atoms with Crippen LogP contribution in [0.25, 0.3) is 0 Å². The van der Waals surface area contributed by atoms with Crippen molar-refractivity contribution in [1.29, 1.82) is 0 Å². The number of hydrogen-bond donors (Lipinski definition) is 2. The first-order valence-corrected chi connectivity index (χ1v) is 17.5. The maximum atomic E-state index is 14.0. The first-order chi connectivity index (χ1) is 22.2. The molecule has 4 aliphatic rings. The zero-order valence-electron chi connectivity index (χ0n) is 24.4. The van der Waals surface area contributed by atoms with Gasteiger partial charge in [0, 0.05) is 31.8 Å². The number of carbonyl (C=O) groups is 3. The van der Waals surface area contributed by atoms with Crippen molar-refractivity contribution in [2.75, 3.05) is 16.8 Å². The van der Waals surface area contributed by atoms with Crippen LogP contribution in [-0.4, -0.2) is 34.6 Å². The van der Waals surface area contributed by atoms with Crippen LogP contribution in [-0.2, 0) is 14.4 Å². The average Bonchev–Trinajstić information content (AvgIpc) is 3.77. The molecule has 2 aliphatic carbocycles. The first kappa shape index (κ1) is 29.6. The summed E-state index contributed by atoms with van der Waals surface area (Å²) in [4.78, 5) is 58.5. The highest BCUT2D eigenvalue weighted by molar-refractivity contribution is 9.10. The van der Waals surface area contributed by atoms with E-state index in [4.69, 9.17) is 4.74 Å². The highest BCUT2D eigenvalue weighted by atomic mass is 79.9.